The highest BCUT2D eigenvalue weighted by Gasteiger charge is 2.34. The lowest BCUT2D eigenvalue weighted by Crippen LogP contribution is -2.14. The minimum atomic E-state index is 0.129. The zero-order chi connectivity index (χ0) is 10.5. The lowest BCUT2D eigenvalue weighted by Gasteiger charge is -2.20. The van der Waals surface area contributed by atoms with E-state index in [9.17, 15) is 0 Å². The van der Waals surface area contributed by atoms with Crippen LogP contribution in [0.5, 0.6) is 0 Å². The third-order valence-electron chi connectivity index (χ3n) is 3.43. The fourth-order valence-electron chi connectivity index (χ4n) is 2.59. The molecule has 73 valence electrons. The summed E-state index contributed by atoms with van der Waals surface area (Å²) in [6.45, 7) is 4.57. The molecule has 0 spiro atoms. The fraction of sp³-hybridized carbons (Fsp3) is 0.200. The molecule has 0 aliphatic heterocycles. The monoisotopic (exact) mass is 193 g/mol. The Kier molecular flexibility index (Phi) is 1.59. The van der Waals surface area contributed by atoms with Crippen molar-refractivity contribution in [2.75, 3.05) is 0 Å². The summed E-state index contributed by atoms with van der Waals surface area (Å²) in [5, 5.41) is 0. The van der Waals surface area contributed by atoms with E-state index in [0.717, 1.165) is 0 Å². The van der Waals surface area contributed by atoms with Crippen LogP contribution < -0.4 is 0 Å². The quantitative estimate of drug-likeness (QED) is 0.597. The molecule has 1 radical (unpaired) electrons. The predicted molar refractivity (Wildman–Crippen MR) is 62.8 cm³/mol. The van der Waals surface area contributed by atoms with Crippen molar-refractivity contribution in [1.29, 1.82) is 0 Å². The maximum atomic E-state index is 3.18. The highest BCUT2D eigenvalue weighted by molar-refractivity contribution is 5.80. The summed E-state index contributed by atoms with van der Waals surface area (Å²) >= 11 is 0. The summed E-state index contributed by atoms with van der Waals surface area (Å²) < 4.78 is 0. The molecule has 0 atom stereocenters. The van der Waals surface area contributed by atoms with Crippen LogP contribution in [-0.4, -0.2) is 0 Å². The van der Waals surface area contributed by atoms with Crippen LogP contribution in [0, 0.1) is 6.07 Å². The van der Waals surface area contributed by atoms with E-state index in [4.69, 9.17) is 0 Å². The lowest BCUT2D eigenvalue weighted by molar-refractivity contribution is 0.660. The van der Waals surface area contributed by atoms with E-state index in [1.54, 1.807) is 0 Å². The van der Waals surface area contributed by atoms with Gasteiger partial charge in [0, 0.05) is 5.41 Å². The zero-order valence-corrected chi connectivity index (χ0v) is 9.04. The van der Waals surface area contributed by atoms with Gasteiger partial charge in [0.05, 0.1) is 0 Å². The Morgan fingerprint density at radius 2 is 1.67 bits per heavy atom. The molecule has 1 aliphatic carbocycles. The molecule has 3 rings (SSSR count). The van der Waals surface area contributed by atoms with Crippen LogP contribution >= 0.6 is 0 Å². The van der Waals surface area contributed by atoms with Crippen LogP contribution in [0.15, 0.2) is 42.5 Å². The molecule has 0 saturated heterocycles. The van der Waals surface area contributed by atoms with Gasteiger partial charge in [-0.05, 0) is 34.4 Å². The Balaban J connectivity index is 2.42. The maximum Gasteiger partial charge on any atom is 0.0159 e. The van der Waals surface area contributed by atoms with Gasteiger partial charge in [0.1, 0.15) is 0 Å². The number of benzene rings is 2. The minimum absolute atomic E-state index is 0.129. The van der Waals surface area contributed by atoms with Gasteiger partial charge in [-0.25, -0.2) is 0 Å². The predicted octanol–water partition coefficient (Wildman–Crippen LogP) is 3.79. The van der Waals surface area contributed by atoms with Gasteiger partial charge >= 0.3 is 0 Å². The first-order valence-corrected chi connectivity index (χ1v) is 5.32. The third-order valence-corrected chi connectivity index (χ3v) is 3.43. The highest BCUT2D eigenvalue weighted by Crippen LogP contribution is 2.47. The van der Waals surface area contributed by atoms with Crippen LogP contribution in [0.4, 0.5) is 0 Å². The molecular weight excluding hydrogens is 180 g/mol. The summed E-state index contributed by atoms with van der Waals surface area (Å²) in [7, 11) is 0. The summed E-state index contributed by atoms with van der Waals surface area (Å²) in [6.07, 6.45) is 0. The van der Waals surface area contributed by atoms with Crippen molar-refractivity contribution >= 4 is 0 Å². The number of hydrogen-bond acceptors (Lipinski definition) is 0. The summed E-state index contributed by atoms with van der Waals surface area (Å²) in [5.41, 5.74) is 5.70. The number of rotatable bonds is 0. The first-order valence-electron chi connectivity index (χ1n) is 5.32. The van der Waals surface area contributed by atoms with Gasteiger partial charge in [-0.15, -0.1) is 0 Å². The van der Waals surface area contributed by atoms with Crippen LogP contribution in [-0.2, 0) is 5.41 Å². The second kappa shape index (κ2) is 2.73. The topological polar surface area (TPSA) is 0 Å². The largest absolute Gasteiger partial charge is 0.0619 e. The van der Waals surface area contributed by atoms with Crippen LogP contribution in [0.25, 0.3) is 11.1 Å². The van der Waals surface area contributed by atoms with Gasteiger partial charge in [-0.2, -0.15) is 0 Å². The Morgan fingerprint density at radius 3 is 2.53 bits per heavy atom. The van der Waals surface area contributed by atoms with Crippen molar-refractivity contribution in [2.45, 2.75) is 19.3 Å². The van der Waals surface area contributed by atoms with E-state index >= 15 is 0 Å². The molecule has 0 N–H and O–H groups in total. The van der Waals surface area contributed by atoms with E-state index < -0.39 is 0 Å². The molecule has 0 heterocycles. The standard InChI is InChI=1S/C15H13/c1-15(2)13-9-5-3-7-11(13)12-8-4-6-10-14(12)15/h3-5,7-10H,1-2H3. The Bertz CT molecular complexity index is 474. The molecule has 1 aliphatic rings. The molecule has 0 bridgehead atoms. The molecule has 0 amide bonds. The average molecular weight is 193 g/mol. The Morgan fingerprint density at radius 1 is 0.933 bits per heavy atom. The normalized spacial score (nSPS) is 15.9. The van der Waals surface area contributed by atoms with Gasteiger partial charge in [0.15, 0.2) is 0 Å². The minimum Gasteiger partial charge on any atom is -0.0619 e. The molecule has 0 nitrogen and oxygen atoms in total. The van der Waals surface area contributed by atoms with Crippen LogP contribution in [0.2, 0.25) is 0 Å². The van der Waals surface area contributed by atoms with E-state index in [2.05, 4.69) is 56.3 Å². The molecular formula is C15H13. The zero-order valence-electron chi connectivity index (χ0n) is 9.04. The second-order valence-corrected chi connectivity index (χ2v) is 4.64. The Labute approximate surface area is 90.6 Å². The van der Waals surface area contributed by atoms with E-state index in [0.29, 0.717) is 0 Å². The van der Waals surface area contributed by atoms with Crippen molar-refractivity contribution in [2.24, 2.45) is 0 Å². The van der Waals surface area contributed by atoms with Crippen molar-refractivity contribution in [3.63, 3.8) is 0 Å². The first-order chi connectivity index (χ1) is 7.21. The molecule has 0 heteroatoms. The van der Waals surface area contributed by atoms with Crippen molar-refractivity contribution in [3.8, 4) is 11.1 Å². The Hall–Kier alpha value is -1.56. The third kappa shape index (κ3) is 1.02. The second-order valence-electron chi connectivity index (χ2n) is 4.64. The molecule has 0 saturated carbocycles. The first kappa shape index (κ1) is 8.72. The summed E-state index contributed by atoms with van der Waals surface area (Å²) in [4.78, 5) is 0. The number of hydrogen-bond donors (Lipinski definition) is 0. The number of fused-ring (bicyclic) bond motifs is 3. The molecule has 15 heavy (non-hydrogen) atoms. The molecule has 2 aromatic carbocycles. The van der Waals surface area contributed by atoms with Crippen LogP contribution in [0.3, 0.4) is 0 Å². The van der Waals surface area contributed by atoms with Gasteiger partial charge in [0.2, 0.25) is 0 Å². The van der Waals surface area contributed by atoms with E-state index in [1.165, 1.54) is 22.3 Å². The lowest BCUT2D eigenvalue weighted by atomic mass is 9.82. The molecule has 2 aromatic rings. The summed E-state index contributed by atoms with van der Waals surface area (Å²) in [5.74, 6) is 0. The van der Waals surface area contributed by atoms with Gasteiger partial charge < -0.3 is 0 Å². The smallest absolute Gasteiger partial charge is 0.0159 e. The molecule has 0 unspecified atom stereocenters. The van der Waals surface area contributed by atoms with E-state index in [-0.39, 0.29) is 5.41 Å². The van der Waals surface area contributed by atoms with Gasteiger partial charge in [-0.1, -0.05) is 50.2 Å². The van der Waals surface area contributed by atoms with Crippen LogP contribution in [0.1, 0.15) is 25.0 Å². The highest BCUT2D eigenvalue weighted by atomic mass is 14.4. The summed E-state index contributed by atoms with van der Waals surface area (Å²) in [6, 6.07) is 18.1. The molecule has 0 aromatic heterocycles. The molecule has 0 fully saturated rings. The van der Waals surface area contributed by atoms with Gasteiger partial charge in [0.25, 0.3) is 0 Å². The van der Waals surface area contributed by atoms with Gasteiger partial charge in [-0.3, -0.25) is 0 Å². The van der Waals surface area contributed by atoms with Crippen molar-refractivity contribution in [1.82, 2.24) is 0 Å². The van der Waals surface area contributed by atoms with Crippen molar-refractivity contribution in [3.05, 3.63) is 59.7 Å². The fourth-order valence-corrected chi connectivity index (χ4v) is 2.59. The average Bonchev–Trinajstić information content (AvgIpc) is 2.51. The maximum absolute atomic E-state index is 3.18. The van der Waals surface area contributed by atoms with E-state index in [1.807, 2.05) is 6.07 Å². The van der Waals surface area contributed by atoms with Crippen molar-refractivity contribution < 1.29 is 0 Å². The SMILES string of the molecule is CC1(C)c2c[c]ccc2-c2ccccc21.